The molecule has 0 spiro atoms. The maximum Gasteiger partial charge on any atom is 0.341 e. The summed E-state index contributed by atoms with van der Waals surface area (Å²) in [5.74, 6) is -0.642. The molecule has 0 fully saturated rings. The van der Waals surface area contributed by atoms with Crippen LogP contribution in [0.5, 0.6) is 0 Å². The van der Waals surface area contributed by atoms with Crippen LogP contribution in [0.3, 0.4) is 0 Å². The number of nitrogens with one attached hydrogen (secondary N) is 1. The highest BCUT2D eigenvalue weighted by Gasteiger charge is 2.27. The van der Waals surface area contributed by atoms with Gasteiger partial charge in [-0.1, -0.05) is 17.7 Å². The normalized spacial score (nSPS) is 13.3. The second kappa shape index (κ2) is 10.5. The number of aryl methyl sites for hydroxylation is 2. The molecule has 1 aromatic carbocycles. The van der Waals surface area contributed by atoms with E-state index in [1.54, 1.807) is 19.1 Å². The van der Waals surface area contributed by atoms with Crippen molar-refractivity contribution >= 4 is 43.9 Å². The van der Waals surface area contributed by atoms with E-state index >= 15 is 0 Å². The van der Waals surface area contributed by atoms with E-state index in [9.17, 15) is 18.0 Å². The van der Waals surface area contributed by atoms with Crippen molar-refractivity contribution < 1.29 is 22.7 Å². The van der Waals surface area contributed by atoms with Crippen LogP contribution in [-0.2, 0) is 32.4 Å². The number of benzene rings is 1. The molecule has 0 aliphatic heterocycles. The molecule has 1 heterocycles. The molecule has 0 unspecified atom stereocenters. The van der Waals surface area contributed by atoms with E-state index < -0.39 is 16.0 Å². The lowest BCUT2D eigenvalue weighted by Crippen LogP contribution is -2.31. The number of rotatable bonds is 9. The highest BCUT2D eigenvalue weighted by Crippen LogP contribution is 2.38. The number of sulfonamides is 1. The number of hydrogen-bond donors (Lipinski definition) is 1. The van der Waals surface area contributed by atoms with Gasteiger partial charge < -0.3 is 10.1 Å². The van der Waals surface area contributed by atoms with Gasteiger partial charge in [0.2, 0.25) is 15.9 Å². The fourth-order valence-electron chi connectivity index (χ4n) is 3.84. The van der Waals surface area contributed by atoms with Crippen LogP contribution in [0.1, 0.15) is 59.0 Å². The van der Waals surface area contributed by atoms with Gasteiger partial charge in [0.15, 0.2) is 0 Å². The Balaban J connectivity index is 1.67. The van der Waals surface area contributed by atoms with Crippen molar-refractivity contribution in [2.75, 3.05) is 29.0 Å². The van der Waals surface area contributed by atoms with Crippen molar-refractivity contribution in [3.8, 4) is 0 Å². The van der Waals surface area contributed by atoms with Gasteiger partial charge >= 0.3 is 5.97 Å². The lowest BCUT2D eigenvalue weighted by atomic mass is 9.95. The van der Waals surface area contributed by atoms with E-state index in [-0.39, 0.29) is 25.5 Å². The zero-order valence-electron chi connectivity index (χ0n) is 18.8. The first-order chi connectivity index (χ1) is 15.2. The summed E-state index contributed by atoms with van der Waals surface area (Å²) in [6, 6.07) is 7.24. The Morgan fingerprint density at radius 2 is 1.84 bits per heavy atom. The monoisotopic (exact) mass is 478 g/mol. The number of ether oxygens (including phenoxy) is 1. The standard InChI is InChI=1S/C23H30N2O5S2/c1-4-30-23(27)21-18-8-5-6-9-19(18)31-22(21)24-20(26)10-7-15-25(32(3,28)29)17-13-11-16(2)12-14-17/h11-14H,4-10,15H2,1-3H3,(H,24,26). The Hall–Kier alpha value is -2.39. The van der Waals surface area contributed by atoms with Gasteiger partial charge in [-0.25, -0.2) is 13.2 Å². The van der Waals surface area contributed by atoms with Crippen LogP contribution >= 0.6 is 11.3 Å². The second-order valence-corrected chi connectivity index (χ2v) is 11.0. The molecule has 1 aromatic heterocycles. The number of thiophene rings is 1. The van der Waals surface area contributed by atoms with Crippen LogP contribution in [0.2, 0.25) is 0 Å². The molecule has 0 saturated carbocycles. The first-order valence-corrected chi connectivity index (χ1v) is 13.5. The van der Waals surface area contributed by atoms with Gasteiger partial charge in [0.05, 0.1) is 24.1 Å². The third kappa shape index (κ3) is 5.89. The quantitative estimate of drug-likeness (QED) is 0.543. The summed E-state index contributed by atoms with van der Waals surface area (Å²) in [5.41, 5.74) is 3.10. The number of amides is 1. The molecule has 32 heavy (non-hydrogen) atoms. The predicted octanol–water partition coefficient (Wildman–Crippen LogP) is 4.30. The topological polar surface area (TPSA) is 92.8 Å². The minimum atomic E-state index is -3.47. The summed E-state index contributed by atoms with van der Waals surface area (Å²) in [5, 5.41) is 3.42. The van der Waals surface area contributed by atoms with Crippen LogP contribution in [0.4, 0.5) is 10.7 Å². The van der Waals surface area contributed by atoms with Gasteiger partial charge in [-0.15, -0.1) is 11.3 Å². The van der Waals surface area contributed by atoms with E-state index in [1.165, 1.54) is 15.6 Å². The largest absolute Gasteiger partial charge is 0.462 e. The van der Waals surface area contributed by atoms with E-state index in [0.717, 1.165) is 47.9 Å². The first kappa shape index (κ1) is 24.3. The number of carbonyl (C=O) groups excluding carboxylic acids is 2. The molecule has 1 aliphatic rings. The Kier molecular flexibility index (Phi) is 7.95. The Morgan fingerprint density at radius 1 is 1.16 bits per heavy atom. The molecule has 2 aromatic rings. The van der Waals surface area contributed by atoms with Gasteiger partial charge in [0.1, 0.15) is 5.00 Å². The Labute approximate surface area is 193 Å². The molecule has 7 nitrogen and oxygen atoms in total. The van der Waals surface area contributed by atoms with Gasteiger partial charge in [0, 0.05) is 17.8 Å². The molecule has 0 radical (unpaired) electrons. The maximum atomic E-state index is 12.6. The summed E-state index contributed by atoms with van der Waals surface area (Å²) in [4.78, 5) is 26.3. The van der Waals surface area contributed by atoms with Gasteiger partial charge in [0.25, 0.3) is 0 Å². The predicted molar refractivity (Wildman–Crippen MR) is 128 cm³/mol. The highest BCUT2D eigenvalue weighted by molar-refractivity contribution is 7.92. The number of carbonyl (C=O) groups is 2. The summed E-state index contributed by atoms with van der Waals surface area (Å²) in [7, 11) is -3.47. The molecule has 174 valence electrons. The summed E-state index contributed by atoms with van der Waals surface area (Å²) in [6.45, 7) is 4.17. The highest BCUT2D eigenvalue weighted by atomic mass is 32.2. The molecule has 3 rings (SSSR count). The average molecular weight is 479 g/mol. The molecular weight excluding hydrogens is 448 g/mol. The van der Waals surface area contributed by atoms with Gasteiger partial charge in [-0.2, -0.15) is 0 Å². The smallest absolute Gasteiger partial charge is 0.341 e. The molecular formula is C23H30N2O5S2. The summed E-state index contributed by atoms with van der Waals surface area (Å²) >= 11 is 1.45. The maximum absolute atomic E-state index is 12.6. The van der Waals surface area contributed by atoms with E-state index in [2.05, 4.69) is 5.32 Å². The minimum absolute atomic E-state index is 0.142. The number of fused-ring (bicyclic) bond motifs is 1. The molecule has 9 heteroatoms. The average Bonchev–Trinajstić information content (AvgIpc) is 3.09. The van der Waals surface area contributed by atoms with Crippen molar-refractivity contribution in [3.05, 3.63) is 45.8 Å². The lowest BCUT2D eigenvalue weighted by molar-refractivity contribution is -0.116. The first-order valence-electron chi connectivity index (χ1n) is 10.9. The van der Waals surface area contributed by atoms with Crippen LogP contribution in [0, 0.1) is 6.92 Å². The van der Waals surface area contributed by atoms with Crippen LogP contribution in [0.15, 0.2) is 24.3 Å². The van der Waals surface area contributed by atoms with Crippen molar-refractivity contribution in [3.63, 3.8) is 0 Å². The van der Waals surface area contributed by atoms with Crippen LogP contribution < -0.4 is 9.62 Å². The Morgan fingerprint density at radius 3 is 2.50 bits per heavy atom. The summed E-state index contributed by atoms with van der Waals surface area (Å²) in [6.07, 6.45) is 5.47. The van der Waals surface area contributed by atoms with E-state index in [0.29, 0.717) is 22.7 Å². The zero-order valence-corrected chi connectivity index (χ0v) is 20.4. The number of hydrogen-bond acceptors (Lipinski definition) is 6. The fourth-order valence-corrected chi connectivity index (χ4v) is 6.10. The molecule has 0 atom stereocenters. The molecule has 1 amide bonds. The minimum Gasteiger partial charge on any atom is -0.462 e. The van der Waals surface area contributed by atoms with Crippen LogP contribution in [0.25, 0.3) is 0 Å². The van der Waals surface area contributed by atoms with Crippen molar-refractivity contribution in [1.29, 1.82) is 0 Å². The number of anilines is 2. The summed E-state index contributed by atoms with van der Waals surface area (Å²) < 4.78 is 31.0. The van der Waals surface area contributed by atoms with Crippen molar-refractivity contribution in [1.82, 2.24) is 0 Å². The van der Waals surface area contributed by atoms with Crippen molar-refractivity contribution in [2.24, 2.45) is 0 Å². The number of esters is 1. The SMILES string of the molecule is CCOC(=O)c1c(NC(=O)CCCN(c2ccc(C)cc2)S(C)(=O)=O)sc2c1CCCC2. The van der Waals surface area contributed by atoms with Gasteiger partial charge in [-0.3, -0.25) is 9.10 Å². The third-order valence-corrected chi connectivity index (χ3v) is 7.79. The molecule has 0 bridgehead atoms. The molecule has 1 N–H and O–H groups in total. The fraction of sp³-hybridized carbons (Fsp3) is 0.478. The third-order valence-electron chi connectivity index (χ3n) is 5.39. The van der Waals surface area contributed by atoms with E-state index in [1.807, 2.05) is 19.1 Å². The molecule has 0 saturated heterocycles. The van der Waals surface area contributed by atoms with Crippen LogP contribution in [-0.4, -0.2) is 39.7 Å². The Bertz CT molecular complexity index is 1070. The van der Waals surface area contributed by atoms with Crippen molar-refractivity contribution in [2.45, 2.75) is 52.4 Å². The molecule has 1 aliphatic carbocycles. The zero-order chi connectivity index (χ0) is 23.3. The lowest BCUT2D eigenvalue weighted by Gasteiger charge is -2.22. The number of nitrogens with zero attached hydrogens (tertiary/aromatic N) is 1. The van der Waals surface area contributed by atoms with E-state index in [4.69, 9.17) is 4.74 Å². The second-order valence-electron chi connectivity index (χ2n) is 7.96. The van der Waals surface area contributed by atoms with Gasteiger partial charge in [-0.05, 0) is 63.6 Å².